The van der Waals surface area contributed by atoms with Crippen molar-refractivity contribution in [2.24, 2.45) is 0 Å². The van der Waals surface area contributed by atoms with Crippen molar-refractivity contribution in [1.82, 2.24) is 9.55 Å². The summed E-state index contributed by atoms with van der Waals surface area (Å²) < 4.78 is 6.46. The van der Waals surface area contributed by atoms with Gasteiger partial charge in [0.2, 0.25) is 0 Å². The van der Waals surface area contributed by atoms with Crippen LogP contribution in [0.4, 0.5) is 10.6 Å². The lowest BCUT2D eigenvalue weighted by Gasteiger charge is -2.15. The summed E-state index contributed by atoms with van der Waals surface area (Å²) in [4.78, 5) is 38.6. The van der Waals surface area contributed by atoms with E-state index in [0.717, 1.165) is 11.1 Å². The number of halogens is 1. The van der Waals surface area contributed by atoms with Crippen LogP contribution in [0.3, 0.4) is 0 Å². The Labute approximate surface area is 162 Å². The lowest BCUT2D eigenvalue weighted by Crippen LogP contribution is -2.34. The second-order valence-corrected chi connectivity index (χ2v) is 6.47. The van der Waals surface area contributed by atoms with Crippen molar-refractivity contribution in [1.29, 1.82) is 0 Å². The number of ether oxygens (including phenoxy) is 1. The van der Waals surface area contributed by atoms with Crippen molar-refractivity contribution < 1.29 is 9.53 Å². The minimum absolute atomic E-state index is 0.0330. The molecule has 7 nitrogen and oxygen atoms in total. The molecule has 0 radical (unpaired) electrons. The largest absolute Gasteiger partial charge is 0.444 e. The summed E-state index contributed by atoms with van der Waals surface area (Å²) in [5.41, 5.74) is 0.381. The summed E-state index contributed by atoms with van der Waals surface area (Å²) in [5.74, 6) is 0.0330. The number of H-pyrrole nitrogens is 1. The van der Waals surface area contributed by atoms with E-state index in [4.69, 9.17) is 4.74 Å². The smallest absolute Gasteiger partial charge is 0.413 e. The van der Waals surface area contributed by atoms with Gasteiger partial charge in [0.1, 0.15) is 16.9 Å². The van der Waals surface area contributed by atoms with E-state index < -0.39 is 17.3 Å². The van der Waals surface area contributed by atoms with Gasteiger partial charge >= 0.3 is 11.8 Å². The van der Waals surface area contributed by atoms with Crippen LogP contribution in [-0.4, -0.2) is 15.6 Å². The van der Waals surface area contributed by atoms with E-state index in [2.05, 4.69) is 26.2 Å². The van der Waals surface area contributed by atoms with E-state index in [1.807, 2.05) is 60.7 Å². The summed E-state index contributed by atoms with van der Waals surface area (Å²) in [5, 5.41) is 2.49. The predicted molar refractivity (Wildman–Crippen MR) is 105 cm³/mol. The fourth-order valence-corrected chi connectivity index (χ4v) is 2.85. The zero-order valence-electron chi connectivity index (χ0n) is 14.1. The molecule has 0 bridgehead atoms. The topological polar surface area (TPSA) is 93.2 Å². The average Bonchev–Trinajstić information content (AvgIpc) is 2.69. The molecule has 0 aliphatic rings. The SMILES string of the molecule is O=C(Nc1c(Br)c(=O)[nH]c(=O)n1Cc1ccccc1)OCc1ccccc1. The van der Waals surface area contributed by atoms with Gasteiger partial charge in [-0.05, 0) is 27.1 Å². The molecule has 0 unspecified atom stereocenters. The Morgan fingerprint density at radius 3 is 2.22 bits per heavy atom. The fourth-order valence-electron chi connectivity index (χ4n) is 2.44. The monoisotopic (exact) mass is 429 g/mol. The average molecular weight is 430 g/mol. The van der Waals surface area contributed by atoms with Gasteiger partial charge in [-0.25, -0.2) is 9.59 Å². The number of aromatic nitrogens is 2. The number of hydrogen-bond donors (Lipinski definition) is 2. The van der Waals surface area contributed by atoms with Gasteiger partial charge < -0.3 is 4.74 Å². The zero-order chi connectivity index (χ0) is 19.2. The van der Waals surface area contributed by atoms with Crippen LogP contribution in [0.15, 0.2) is 74.7 Å². The maximum atomic E-state index is 12.3. The Morgan fingerprint density at radius 2 is 1.59 bits per heavy atom. The van der Waals surface area contributed by atoms with Gasteiger partial charge in [-0.2, -0.15) is 0 Å². The summed E-state index contributed by atoms with van der Waals surface area (Å²) >= 11 is 3.13. The molecule has 138 valence electrons. The molecule has 1 aromatic heterocycles. The molecule has 0 atom stereocenters. The van der Waals surface area contributed by atoms with Crippen molar-refractivity contribution >= 4 is 27.8 Å². The van der Waals surface area contributed by atoms with Gasteiger partial charge in [-0.1, -0.05) is 60.7 Å². The van der Waals surface area contributed by atoms with Gasteiger partial charge in [0, 0.05) is 0 Å². The molecule has 0 fully saturated rings. The highest BCUT2D eigenvalue weighted by atomic mass is 79.9. The van der Waals surface area contributed by atoms with Crippen molar-refractivity contribution in [3.63, 3.8) is 0 Å². The molecule has 1 amide bonds. The minimum Gasteiger partial charge on any atom is -0.444 e. The second kappa shape index (κ2) is 8.50. The van der Waals surface area contributed by atoms with E-state index >= 15 is 0 Å². The van der Waals surface area contributed by atoms with Crippen molar-refractivity contribution in [2.45, 2.75) is 13.2 Å². The third kappa shape index (κ3) is 4.73. The van der Waals surface area contributed by atoms with Crippen LogP contribution in [0.2, 0.25) is 0 Å². The molecular formula is C19H16BrN3O4. The van der Waals surface area contributed by atoms with Crippen molar-refractivity contribution in [3.05, 3.63) is 97.1 Å². The third-order valence-electron chi connectivity index (χ3n) is 3.76. The number of anilines is 1. The highest BCUT2D eigenvalue weighted by molar-refractivity contribution is 9.10. The molecule has 2 aromatic carbocycles. The van der Waals surface area contributed by atoms with Gasteiger partial charge in [-0.3, -0.25) is 19.7 Å². The first kappa shape index (κ1) is 18.7. The molecule has 0 aliphatic heterocycles. The van der Waals surface area contributed by atoms with Crippen LogP contribution < -0.4 is 16.6 Å². The maximum Gasteiger partial charge on any atom is 0.413 e. The van der Waals surface area contributed by atoms with E-state index in [1.165, 1.54) is 4.57 Å². The molecule has 8 heteroatoms. The number of carbonyl (C=O) groups is 1. The third-order valence-corrected chi connectivity index (χ3v) is 4.50. The van der Waals surface area contributed by atoms with Gasteiger partial charge in [0.15, 0.2) is 0 Å². The first-order chi connectivity index (χ1) is 13.0. The molecule has 3 aromatic rings. The van der Waals surface area contributed by atoms with Crippen molar-refractivity contribution in [2.75, 3.05) is 5.32 Å². The van der Waals surface area contributed by atoms with Crippen LogP contribution in [0.5, 0.6) is 0 Å². The number of rotatable bonds is 5. The zero-order valence-corrected chi connectivity index (χ0v) is 15.7. The number of benzene rings is 2. The molecule has 0 saturated carbocycles. The quantitative estimate of drug-likeness (QED) is 0.651. The van der Waals surface area contributed by atoms with Crippen LogP contribution >= 0.6 is 15.9 Å². The Morgan fingerprint density at radius 1 is 1.00 bits per heavy atom. The second-order valence-electron chi connectivity index (χ2n) is 5.68. The summed E-state index contributed by atoms with van der Waals surface area (Å²) in [6.45, 7) is 0.236. The van der Waals surface area contributed by atoms with Crippen LogP contribution in [-0.2, 0) is 17.9 Å². The first-order valence-electron chi connectivity index (χ1n) is 8.09. The van der Waals surface area contributed by atoms with Gasteiger partial charge in [0.05, 0.1) is 6.54 Å². The van der Waals surface area contributed by atoms with Gasteiger partial charge in [0.25, 0.3) is 5.56 Å². The molecule has 0 aliphatic carbocycles. The highest BCUT2D eigenvalue weighted by Gasteiger charge is 2.16. The fraction of sp³-hybridized carbons (Fsp3) is 0.105. The van der Waals surface area contributed by atoms with E-state index in [-0.39, 0.29) is 23.4 Å². The van der Waals surface area contributed by atoms with Crippen LogP contribution in [0.1, 0.15) is 11.1 Å². The number of amides is 1. The normalized spacial score (nSPS) is 10.4. The summed E-state index contributed by atoms with van der Waals surface area (Å²) in [7, 11) is 0. The number of nitrogens with zero attached hydrogens (tertiary/aromatic N) is 1. The Hall–Kier alpha value is -3.13. The highest BCUT2D eigenvalue weighted by Crippen LogP contribution is 2.17. The summed E-state index contributed by atoms with van der Waals surface area (Å²) in [6, 6.07) is 18.4. The molecule has 27 heavy (non-hydrogen) atoms. The number of hydrogen-bond acceptors (Lipinski definition) is 4. The lowest BCUT2D eigenvalue weighted by molar-refractivity contribution is 0.155. The predicted octanol–water partition coefficient (Wildman–Crippen LogP) is 3.10. The molecule has 0 saturated heterocycles. The molecule has 1 heterocycles. The lowest BCUT2D eigenvalue weighted by atomic mass is 10.2. The van der Waals surface area contributed by atoms with E-state index in [9.17, 15) is 14.4 Å². The number of nitrogens with one attached hydrogen (secondary N) is 2. The Balaban J connectivity index is 1.83. The Kier molecular flexibility index (Phi) is 5.87. The number of carbonyl (C=O) groups excluding carboxylic acids is 1. The van der Waals surface area contributed by atoms with Gasteiger partial charge in [-0.15, -0.1) is 0 Å². The minimum atomic E-state index is -0.772. The molecule has 3 rings (SSSR count). The van der Waals surface area contributed by atoms with Crippen LogP contribution in [0, 0.1) is 0 Å². The molecule has 2 N–H and O–H groups in total. The Bertz CT molecular complexity index is 1050. The first-order valence-corrected chi connectivity index (χ1v) is 8.88. The number of aromatic amines is 1. The molecule has 0 spiro atoms. The standard InChI is InChI=1S/C19H16BrN3O4/c20-15-16(21-19(26)27-12-14-9-5-2-6-10-14)23(18(25)22-17(15)24)11-13-7-3-1-4-8-13/h1-10H,11-12H2,(H,21,26)(H,22,24,25). The maximum absolute atomic E-state index is 12.3. The summed E-state index contributed by atoms with van der Waals surface area (Å²) in [6.07, 6.45) is -0.772. The van der Waals surface area contributed by atoms with Crippen LogP contribution in [0.25, 0.3) is 0 Å². The van der Waals surface area contributed by atoms with E-state index in [0.29, 0.717) is 0 Å². The molecular weight excluding hydrogens is 414 g/mol. The van der Waals surface area contributed by atoms with E-state index in [1.54, 1.807) is 0 Å². The van der Waals surface area contributed by atoms with Crippen molar-refractivity contribution in [3.8, 4) is 0 Å².